The van der Waals surface area contributed by atoms with Crippen LogP contribution in [0.4, 0.5) is 14.6 Å². The molecule has 2 aromatic heterocycles. The minimum Gasteiger partial charge on any atom is -0.543 e. The molecule has 3 atom stereocenters. The van der Waals surface area contributed by atoms with Crippen molar-refractivity contribution in [3.63, 3.8) is 0 Å². The van der Waals surface area contributed by atoms with Crippen molar-refractivity contribution in [2.45, 2.75) is 173 Å². The van der Waals surface area contributed by atoms with Crippen molar-refractivity contribution < 1.29 is 23.1 Å². The number of benzene rings is 2. The molecule has 7 rings (SSSR count). The number of nitriles is 1. The molecular weight excluding hydrogens is 863 g/mol. The third-order valence-electron chi connectivity index (χ3n) is 16.1. The van der Waals surface area contributed by atoms with Gasteiger partial charge in [0.2, 0.25) is 0 Å². The fourth-order valence-corrected chi connectivity index (χ4v) is 23.3. The summed E-state index contributed by atoms with van der Waals surface area (Å²) in [4.78, 5) is 19.3. The van der Waals surface area contributed by atoms with Crippen molar-refractivity contribution in [2.24, 2.45) is 5.92 Å². The second-order valence-electron chi connectivity index (χ2n) is 21.5. The van der Waals surface area contributed by atoms with Gasteiger partial charge in [-0.15, -0.1) is 5.54 Å². The third-order valence-corrected chi connectivity index (χ3v) is 28.4. The first-order chi connectivity index (χ1) is 31.3. The van der Waals surface area contributed by atoms with Gasteiger partial charge < -0.3 is 19.2 Å². The molecule has 0 saturated carbocycles. The Kier molecular flexibility index (Phi) is 14.9. The van der Waals surface area contributed by atoms with Gasteiger partial charge in [0.25, 0.3) is 8.32 Å². The van der Waals surface area contributed by atoms with Gasteiger partial charge in [-0.1, -0.05) is 95.1 Å². The SMILES string of the molecule is CC(C)[Si](C#Cc1c(F)ccc2cc(O[Si](C(C)C)(C(C)C)C(C)C)cc(-c3ncc4c(N5CCCC(C#N)CC5)nc(OC[C@@]56CCCN5[C@H](CO)CC6)nc4c3F)c12)(C(C)C)C(C)C. The summed E-state index contributed by atoms with van der Waals surface area (Å²) in [5.41, 5.74) is 6.00. The van der Waals surface area contributed by atoms with Crippen molar-refractivity contribution in [1.82, 2.24) is 19.9 Å². The van der Waals surface area contributed by atoms with E-state index in [1.165, 1.54) is 6.07 Å². The predicted octanol–water partition coefficient (Wildman–Crippen LogP) is 12.7. The molecule has 66 heavy (non-hydrogen) atoms. The fraction of sp³-hybridized carbons (Fsp3) is 0.623. The van der Waals surface area contributed by atoms with Crippen LogP contribution >= 0.6 is 0 Å². The first-order valence-corrected chi connectivity index (χ1v) is 29.2. The minimum atomic E-state index is -2.51. The maximum atomic E-state index is 18.2. The van der Waals surface area contributed by atoms with Crippen LogP contribution in [0.2, 0.25) is 33.2 Å². The van der Waals surface area contributed by atoms with Gasteiger partial charge in [0.05, 0.1) is 29.2 Å². The highest BCUT2D eigenvalue weighted by atomic mass is 28.4. The van der Waals surface area contributed by atoms with Crippen LogP contribution in [0.15, 0.2) is 30.5 Å². The molecule has 0 aliphatic carbocycles. The number of rotatable bonds is 14. The van der Waals surface area contributed by atoms with E-state index in [2.05, 4.69) is 110 Å². The number of halogens is 2. The first kappa shape index (κ1) is 49.8. The lowest BCUT2D eigenvalue weighted by Crippen LogP contribution is -2.50. The zero-order valence-corrected chi connectivity index (χ0v) is 43.7. The number of fused-ring (bicyclic) bond motifs is 3. The van der Waals surface area contributed by atoms with Gasteiger partial charge in [0.15, 0.2) is 5.82 Å². The van der Waals surface area contributed by atoms with Gasteiger partial charge in [-0.2, -0.15) is 15.2 Å². The number of pyridine rings is 1. The van der Waals surface area contributed by atoms with Crippen LogP contribution in [0, 0.1) is 40.3 Å². The molecule has 3 aliphatic rings. The number of ether oxygens (including phenoxy) is 1. The molecule has 5 heterocycles. The van der Waals surface area contributed by atoms with Gasteiger partial charge in [0, 0.05) is 42.2 Å². The topological polar surface area (TPSA) is 108 Å². The summed E-state index contributed by atoms with van der Waals surface area (Å²) in [6.07, 6.45) is 7.58. The van der Waals surface area contributed by atoms with Crippen LogP contribution < -0.4 is 14.1 Å². The van der Waals surface area contributed by atoms with Gasteiger partial charge in [-0.3, -0.25) is 9.88 Å². The van der Waals surface area contributed by atoms with Gasteiger partial charge in [-0.25, -0.2) is 8.78 Å². The molecule has 0 radical (unpaired) electrons. The maximum Gasteiger partial charge on any atom is 0.319 e. The van der Waals surface area contributed by atoms with Crippen LogP contribution in [-0.2, 0) is 0 Å². The molecule has 1 unspecified atom stereocenters. The number of hydrogen-bond acceptors (Lipinski definition) is 9. The standard InChI is InChI=1S/C53H74F2N6O3Si2/c1-33(2)65(34(3)4,35(5)6)26-20-43-46(54)17-16-40-27-42(64-66(36(7)8,37(9)10)38(11)12)28-44(47(40)43)49-48(55)50-45(30-57-49)51(60-23-13-15-39(29-56)19-25-60)59-52(58-50)63-32-53-21-14-24-61(53)41(31-62)18-22-53/h16-17,27-28,30,33-39,41,62H,13-15,18-19,21-25,31-32H2,1-12H3/t39?,41-,53-/m0/s1. The van der Waals surface area contributed by atoms with E-state index in [4.69, 9.17) is 24.1 Å². The van der Waals surface area contributed by atoms with Crippen molar-refractivity contribution in [2.75, 3.05) is 37.7 Å². The largest absolute Gasteiger partial charge is 0.543 e. The molecule has 3 saturated heterocycles. The van der Waals surface area contributed by atoms with E-state index in [1.54, 1.807) is 12.3 Å². The lowest BCUT2D eigenvalue weighted by atomic mass is 9.95. The Morgan fingerprint density at radius 1 is 0.848 bits per heavy atom. The summed E-state index contributed by atoms with van der Waals surface area (Å²) in [5.74, 6) is 3.35. The minimum absolute atomic E-state index is 0.0238. The van der Waals surface area contributed by atoms with Gasteiger partial charge in [0.1, 0.15) is 43.3 Å². The average molecular weight is 937 g/mol. The van der Waals surface area contributed by atoms with Crippen LogP contribution in [-0.4, -0.2) is 85.8 Å². The first-order valence-electron chi connectivity index (χ1n) is 24.8. The summed E-state index contributed by atoms with van der Waals surface area (Å²) in [6.45, 7) is 29.4. The number of hydrogen-bond donors (Lipinski definition) is 1. The molecule has 2 aromatic carbocycles. The van der Waals surface area contributed by atoms with Gasteiger partial charge >= 0.3 is 6.01 Å². The second-order valence-corrected chi connectivity index (χ2v) is 32.5. The third kappa shape index (κ3) is 8.87. The summed E-state index contributed by atoms with van der Waals surface area (Å²) in [5, 5.41) is 21.7. The number of aliphatic hydroxyl groups is 1. The molecule has 0 bridgehead atoms. The molecule has 13 heteroatoms. The van der Waals surface area contributed by atoms with E-state index in [1.807, 2.05) is 12.1 Å². The van der Waals surface area contributed by atoms with Crippen LogP contribution in [0.5, 0.6) is 11.8 Å². The Balaban J connectivity index is 1.48. The molecule has 9 nitrogen and oxygen atoms in total. The zero-order valence-electron chi connectivity index (χ0n) is 41.7. The van der Waals surface area contributed by atoms with E-state index in [-0.39, 0.29) is 63.5 Å². The molecule has 0 spiro atoms. The Morgan fingerprint density at radius 3 is 2.18 bits per heavy atom. The van der Waals surface area contributed by atoms with Crippen molar-refractivity contribution in [3.8, 4) is 40.6 Å². The summed E-state index contributed by atoms with van der Waals surface area (Å²) in [7, 11) is -4.84. The van der Waals surface area contributed by atoms with E-state index in [9.17, 15) is 10.4 Å². The van der Waals surface area contributed by atoms with E-state index in [0.717, 1.165) is 45.1 Å². The van der Waals surface area contributed by atoms with Crippen LogP contribution in [0.25, 0.3) is 32.9 Å². The Morgan fingerprint density at radius 2 is 1.55 bits per heavy atom. The van der Waals surface area contributed by atoms with E-state index >= 15 is 8.78 Å². The van der Waals surface area contributed by atoms with E-state index < -0.39 is 28.0 Å². The van der Waals surface area contributed by atoms with Crippen molar-refractivity contribution >= 4 is 43.9 Å². The number of nitrogens with zero attached hydrogens (tertiary/aromatic N) is 6. The molecule has 3 aliphatic heterocycles. The Bertz CT molecular complexity index is 2470. The summed E-state index contributed by atoms with van der Waals surface area (Å²) < 4.78 is 48.7. The quantitative estimate of drug-likeness (QED) is 0.0977. The maximum absolute atomic E-state index is 18.2. The molecule has 3 fully saturated rings. The molecule has 4 aromatic rings. The molecular formula is C53H74F2N6O3Si2. The average Bonchev–Trinajstić information content (AvgIpc) is 3.74. The highest BCUT2D eigenvalue weighted by Gasteiger charge is 2.50. The second kappa shape index (κ2) is 19.8. The summed E-state index contributed by atoms with van der Waals surface area (Å²) in [6, 6.07) is 9.68. The lowest BCUT2D eigenvalue weighted by Gasteiger charge is -2.42. The zero-order chi connectivity index (χ0) is 47.9. The Hall–Kier alpha value is -4.15. The molecule has 356 valence electrons. The highest BCUT2D eigenvalue weighted by Crippen LogP contribution is 2.47. The molecule has 0 amide bonds. The number of anilines is 1. The van der Waals surface area contributed by atoms with E-state index in [0.29, 0.717) is 76.0 Å². The smallest absolute Gasteiger partial charge is 0.319 e. The van der Waals surface area contributed by atoms with Gasteiger partial charge in [-0.05, 0) is 108 Å². The predicted molar refractivity (Wildman–Crippen MR) is 269 cm³/mol. The number of aliphatic hydroxyl groups excluding tert-OH is 1. The highest BCUT2D eigenvalue weighted by molar-refractivity contribution is 6.90. The number of aromatic nitrogens is 3. The molecule has 1 N–H and O–H groups in total. The van der Waals surface area contributed by atoms with Crippen molar-refractivity contribution in [1.29, 1.82) is 5.26 Å². The Labute approximate surface area is 395 Å². The van der Waals surface area contributed by atoms with Crippen LogP contribution in [0.1, 0.15) is 134 Å². The lowest BCUT2D eigenvalue weighted by molar-refractivity contribution is 0.0644. The fourth-order valence-electron chi connectivity index (χ4n) is 12.9. The van der Waals surface area contributed by atoms with Crippen LogP contribution in [0.3, 0.4) is 0 Å². The monoisotopic (exact) mass is 937 g/mol. The normalized spacial score (nSPS) is 20.8. The summed E-state index contributed by atoms with van der Waals surface area (Å²) >= 11 is 0. The van der Waals surface area contributed by atoms with Crippen molar-refractivity contribution in [3.05, 3.63) is 47.7 Å².